The Kier molecular flexibility index (Phi) is 3.72. The smallest absolute Gasteiger partial charge is 0.190 e. The Bertz CT molecular complexity index is 1030. The predicted molar refractivity (Wildman–Crippen MR) is 99.2 cm³/mol. The van der Waals surface area contributed by atoms with E-state index in [1.165, 1.54) is 5.56 Å². The average molecular weight is 311 g/mol. The topological polar surface area (TPSA) is 22.0 Å². The summed E-state index contributed by atoms with van der Waals surface area (Å²) in [5.41, 5.74) is 4.24. The van der Waals surface area contributed by atoms with Crippen LogP contribution < -0.4 is 5.43 Å². The largest absolute Gasteiger partial charge is 0.336 e. The second-order valence-electron chi connectivity index (χ2n) is 5.85. The van der Waals surface area contributed by atoms with E-state index in [9.17, 15) is 4.79 Å². The number of fused-ring (bicyclic) bond motifs is 1. The summed E-state index contributed by atoms with van der Waals surface area (Å²) in [5, 5.41) is 0.758. The van der Waals surface area contributed by atoms with E-state index in [1.807, 2.05) is 72.8 Å². The van der Waals surface area contributed by atoms with Gasteiger partial charge in [0.2, 0.25) is 0 Å². The molecule has 0 fully saturated rings. The summed E-state index contributed by atoms with van der Waals surface area (Å²) in [6.45, 7) is 0.728. The van der Waals surface area contributed by atoms with Crippen molar-refractivity contribution in [3.05, 3.63) is 107 Å². The SMILES string of the molecule is O=c1cc(-c2ccccc2)n(Cc2ccccc2)c2ccccc12. The molecule has 4 aromatic rings. The second kappa shape index (κ2) is 6.17. The van der Waals surface area contributed by atoms with Crippen LogP contribution in [0.25, 0.3) is 22.2 Å². The van der Waals surface area contributed by atoms with E-state index in [2.05, 4.69) is 16.7 Å². The molecule has 3 aromatic carbocycles. The van der Waals surface area contributed by atoms with Crippen molar-refractivity contribution in [2.75, 3.05) is 0 Å². The molecule has 0 aliphatic rings. The lowest BCUT2D eigenvalue weighted by Gasteiger charge is -2.17. The molecule has 0 bridgehead atoms. The van der Waals surface area contributed by atoms with Gasteiger partial charge in [-0.2, -0.15) is 0 Å². The molecule has 0 spiro atoms. The highest BCUT2D eigenvalue weighted by Crippen LogP contribution is 2.23. The molecule has 1 heterocycles. The van der Waals surface area contributed by atoms with Crippen molar-refractivity contribution in [1.29, 1.82) is 0 Å². The lowest BCUT2D eigenvalue weighted by molar-refractivity contribution is 0.834. The molecule has 0 saturated heterocycles. The van der Waals surface area contributed by atoms with Gasteiger partial charge >= 0.3 is 0 Å². The highest BCUT2D eigenvalue weighted by atomic mass is 16.1. The first-order valence-electron chi connectivity index (χ1n) is 8.05. The van der Waals surface area contributed by atoms with Gasteiger partial charge in [-0.15, -0.1) is 0 Å². The molecular formula is C22H17NO. The molecule has 0 saturated carbocycles. The molecule has 0 atom stereocenters. The van der Waals surface area contributed by atoms with E-state index in [0.717, 1.165) is 28.7 Å². The third-order valence-electron chi connectivity index (χ3n) is 4.27. The van der Waals surface area contributed by atoms with Gasteiger partial charge in [-0.25, -0.2) is 0 Å². The quantitative estimate of drug-likeness (QED) is 0.537. The van der Waals surface area contributed by atoms with Gasteiger partial charge in [-0.3, -0.25) is 4.79 Å². The Morgan fingerprint density at radius 1 is 0.708 bits per heavy atom. The van der Waals surface area contributed by atoms with Gasteiger partial charge in [-0.05, 0) is 23.3 Å². The van der Waals surface area contributed by atoms with Crippen molar-refractivity contribution >= 4 is 10.9 Å². The van der Waals surface area contributed by atoms with Crippen LogP contribution in [0.3, 0.4) is 0 Å². The third kappa shape index (κ3) is 2.63. The number of hydrogen-bond acceptors (Lipinski definition) is 1. The number of benzene rings is 3. The van der Waals surface area contributed by atoms with E-state index in [4.69, 9.17) is 0 Å². The van der Waals surface area contributed by atoms with E-state index in [1.54, 1.807) is 6.07 Å². The zero-order valence-electron chi connectivity index (χ0n) is 13.2. The number of aromatic nitrogens is 1. The van der Waals surface area contributed by atoms with Gasteiger partial charge < -0.3 is 4.57 Å². The third-order valence-corrected chi connectivity index (χ3v) is 4.27. The van der Waals surface area contributed by atoms with Crippen LogP contribution in [0, 0.1) is 0 Å². The van der Waals surface area contributed by atoms with Crippen LogP contribution in [0.2, 0.25) is 0 Å². The van der Waals surface area contributed by atoms with Crippen molar-refractivity contribution in [3.63, 3.8) is 0 Å². The van der Waals surface area contributed by atoms with Gasteiger partial charge in [0.05, 0.1) is 11.2 Å². The summed E-state index contributed by atoms with van der Waals surface area (Å²) < 4.78 is 2.22. The number of rotatable bonds is 3. The molecule has 0 aliphatic heterocycles. The van der Waals surface area contributed by atoms with Crippen molar-refractivity contribution in [2.45, 2.75) is 6.54 Å². The molecule has 0 N–H and O–H groups in total. The highest BCUT2D eigenvalue weighted by molar-refractivity contribution is 5.82. The van der Waals surface area contributed by atoms with Crippen LogP contribution in [0.15, 0.2) is 95.8 Å². The number of nitrogens with zero attached hydrogens (tertiary/aromatic N) is 1. The minimum atomic E-state index is 0.0637. The van der Waals surface area contributed by atoms with Crippen LogP contribution in [0.1, 0.15) is 5.56 Å². The molecule has 4 rings (SSSR count). The normalized spacial score (nSPS) is 10.8. The van der Waals surface area contributed by atoms with Gasteiger partial charge in [0, 0.05) is 18.0 Å². The Balaban J connectivity index is 2.00. The van der Waals surface area contributed by atoms with Crippen molar-refractivity contribution in [2.24, 2.45) is 0 Å². The molecule has 0 aliphatic carbocycles. The van der Waals surface area contributed by atoms with Crippen molar-refractivity contribution in [1.82, 2.24) is 4.57 Å². The zero-order chi connectivity index (χ0) is 16.4. The van der Waals surface area contributed by atoms with Crippen LogP contribution >= 0.6 is 0 Å². The first-order valence-corrected chi connectivity index (χ1v) is 8.05. The van der Waals surface area contributed by atoms with Gasteiger partial charge in [0.25, 0.3) is 0 Å². The summed E-state index contributed by atoms with van der Waals surface area (Å²) in [7, 11) is 0. The first-order chi connectivity index (χ1) is 11.8. The fourth-order valence-corrected chi connectivity index (χ4v) is 3.11. The Labute approximate surface area is 140 Å². The Hall–Kier alpha value is -3.13. The number of para-hydroxylation sites is 1. The second-order valence-corrected chi connectivity index (χ2v) is 5.85. The maximum absolute atomic E-state index is 12.6. The fraction of sp³-hybridized carbons (Fsp3) is 0.0455. The summed E-state index contributed by atoms with van der Waals surface area (Å²) in [4.78, 5) is 12.6. The zero-order valence-corrected chi connectivity index (χ0v) is 13.2. The van der Waals surface area contributed by atoms with E-state index in [-0.39, 0.29) is 5.43 Å². The summed E-state index contributed by atoms with van der Waals surface area (Å²) >= 11 is 0. The lowest BCUT2D eigenvalue weighted by atomic mass is 10.1. The molecule has 24 heavy (non-hydrogen) atoms. The average Bonchev–Trinajstić information content (AvgIpc) is 2.65. The maximum Gasteiger partial charge on any atom is 0.190 e. The van der Waals surface area contributed by atoms with E-state index >= 15 is 0 Å². The molecule has 2 nitrogen and oxygen atoms in total. The van der Waals surface area contributed by atoms with Gasteiger partial charge in [-0.1, -0.05) is 72.8 Å². The fourth-order valence-electron chi connectivity index (χ4n) is 3.11. The minimum absolute atomic E-state index is 0.0637. The molecule has 0 unspecified atom stereocenters. The first kappa shape index (κ1) is 14.5. The van der Waals surface area contributed by atoms with Crippen molar-refractivity contribution < 1.29 is 0 Å². The van der Waals surface area contributed by atoms with Gasteiger partial charge in [0.1, 0.15) is 0 Å². The van der Waals surface area contributed by atoms with Crippen LogP contribution in [0.4, 0.5) is 0 Å². The predicted octanol–water partition coefficient (Wildman–Crippen LogP) is 4.72. The van der Waals surface area contributed by atoms with Crippen LogP contribution in [0.5, 0.6) is 0 Å². The highest BCUT2D eigenvalue weighted by Gasteiger charge is 2.10. The summed E-state index contributed by atoms with van der Waals surface area (Å²) in [6.07, 6.45) is 0. The van der Waals surface area contributed by atoms with Crippen LogP contribution in [-0.2, 0) is 6.54 Å². The Morgan fingerprint density at radius 3 is 2.08 bits per heavy atom. The number of pyridine rings is 1. The molecule has 116 valence electrons. The Morgan fingerprint density at radius 2 is 1.33 bits per heavy atom. The minimum Gasteiger partial charge on any atom is -0.336 e. The molecule has 1 aromatic heterocycles. The molecule has 0 radical (unpaired) electrons. The van der Waals surface area contributed by atoms with E-state index < -0.39 is 0 Å². The number of hydrogen-bond donors (Lipinski definition) is 0. The van der Waals surface area contributed by atoms with Crippen LogP contribution in [-0.4, -0.2) is 4.57 Å². The maximum atomic E-state index is 12.6. The lowest BCUT2D eigenvalue weighted by Crippen LogP contribution is -2.12. The van der Waals surface area contributed by atoms with Crippen molar-refractivity contribution in [3.8, 4) is 11.3 Å². The molecule has 0 amide bonds. The monoisotopic (exact) mass is 311 g/mol. The molecule has 2 heteroatoms. The summed E-state index contributed by atoms with van der Waals surface area (Å²) in [6, 6.07) is 30.0. The summed E-state index contributed by atoms with van der Waals surface area (Å²) in [5.74, 6) is 0. The van der Waals surface area contributed by atoms with E-state index in [0.29, 0.717) is 0 Å². The standard InChI is InChI=1S/C22H17NO/c24-22-15-21(18-11-5-2-6-12-18)23(16-17-9-3-1-4-10-17)20-14-8-7-13-19(20)22/h1-15H,16H2. The van der Waals surface area contributed by atoms with Gasteiger partial charge in [0.15, 0.2) is 5.43 Å². The molecular weight excluding hydrogens is 294 g/mol.